The zero-order chi connectivity index (χ0) is 47.4. The molecule has 0 rings (SSSR count). The lowest BCUT2D eigenvalue weighted by Crippen LogP contribution is -2.34. The molecule has 0 radical (unpaired) electrons. The van der Waals surface area contributed by atoms with Gasteiger partial charge in [-0.05, 0) is 32.1 Å². The quantitative estimate of drug-likeness (QED) is 0.0167. The van der Waals surface area contributed by atoms with Crippen LogP contribution in [0.25, 0.3) is 0 Å². The Labute approximate surface area is 387 Å². The van der Waals surface area contributed by atoms with Crippen molar-refractivity contribution in [3.63, 3.8) is 0 Å². The fourth-order valence-electron chi connectivity index (χ4n) is 6.81. The van der Waals surface area contributed by atoms with Gasteiger partial charge in [0.25, 0.3) is 0 Å². The summed E-state index contributed by atoms with van der Waals surface area (Å²) in [5.41, 5.74) is 5.33. The first-order chi connectivity index (χ1) is 30.9. The number of carbonyl (C=O) groups excluding carboxylic acids is 2. The predicted molar refractivity (Wildman–Crippen MR) is 257 cm³/mol. The number of ether oxygens (including phenoxy) is 2. The van der Waals surface area contributed by atoms with E-state index in [0.717, 1.165) is 44.9 Å². The van der Waals surface area contributed by atoms with Crippen LogP contribution in [0.4, 0.5) is 0 Å². The summed E-state index contributed by atoms with van der Waals surface area (Å²) in [5, 5.41) is 29.1. The van der Waals surface area contributed by atoms with E-state index in [-0.39, 0.29) is 12.8 Å². The van der Waals surface area contributed by atoms with Crippen LogP contribution in [0.15, 0.2) is 48.6 Å². The maximum atomic E-state index is 12.7. The number of unbranched alkanes of at least 4 members (excludes halogenated alkanes) is 22. The Morgan fingerprint density at radius 1 is 0.547 bits per heavy atom. The molecule has 0 saturated heterocycles. The molecule has 0 amide bonds. The molecule has 1 unspecified atom stereocenters. The van der Waals surface area contributed by atoms with Crippen molar-refractivity contribution < 1.29 is 57.7 Å². The predicted octanol–water partition coefficient (Wildman–Crippen LogP) is 11.7. The number of aliphatic hydroxyl groups is 2. The summed E-state index contributed by atoms with van der Waals surface area (Å²) >= 11 is 0. The number of rotatable bonds is 46. The van der Waals surface area contributed by atoms with Gasteiger partial charge in [0.2, 0.25) is 0 Å². The molecule has 64 heavy (non-hydrogen) atoms. The number of phosphoric ester groups is 1. The molecule has 0 spiro atoms. The van der Waals surface area contributed by atoms with Crippen LogP contribution in [0, 0.1) is 0 Å². The van der Waals surface area contributed by atoms with E-state index < -0.39 is 69.9 Å². The van der Waals surface area contributed by atoms with Crippen molar-refractivity contribution >= 4 is 25.7 Å². The van der Waals surface area contributed by atoms with Crippen molar-refractivity contribution in [2.24, 2.45) is 5.73 Å². The van der Waals surface area contributed by atoms with E-state index in [0.29, 0.717) is 25.7 Å². The van der Waals surface area contributed by atoms with E-state index in [1.807, 2.05) is 30.4 Å². The molecule has 0 bridgehead atoms. The second-order valence-corrected chi connectivity index (χ2v) is 18.5. The van der Waals surface area contributed by atoms with Gasteiger partial charge in [-0.15, -0.1) is 0 Å². The number of phosphoric acid groups is 1. The van der Waals surface area contributed by atoms with Gasteiger partial charge in [0.1, 0.15) is 12.6 Å². The summed E-state index contributed by atoms with van der Waals surface area (Å²) in [7, 11) is -4.78. The topological polar surface area (TPSA) is 212 Å². The van der Waals surface area contributed by atoms with Gasteiger partial charge in [0.05, 0.1) is 25.4 Å². The Balaban J connectivity index is 4.44. The maximum absolute atomic E-state index is 12.7. The summed E-state index contributed by atoms with van der Waals surface area (Å²) in [6.07, 6.45) is 43.9. The van der Waals surface area contributed by atoms with Crippen LogP contribution in [0.5, 0.6) is 0 Å². The van der Waals surface area contributed by atoms with Crippen LogP contribution >= 0.6 is 7.82 Å². The zero-order valence-electron chi connectivity index (χ0n) is 39.8. The van der Waals surface area contributed by atoms with Crippen molar-refractivity contribution in [3.05, 3.63) is 48.6 Å². The lowest BCUT2D eigenvalue weighted by molar-refractivity contribution is -0.161. The molecule has 6 N–H and O–H groups in total. The number of aliphatic carboxylic acids is 1. The lowest BCUT2D eigenvalue weighted by Gasteiger charge is -2.20. The summed E-state index contributed by atoms with van der Waals surface area (Å²) in [6, 6.07) is -1.56. The second-order valence-electron chi connectivity index (χ2n) is 17.0. The SMILES string of the molecule is CCCCCCCCCCCCCCCCCCCCCCCC(=O)O[C@H](COC(=O)CCC[C@@H](O)/C=C/C=C\C/C=C\C=C\[C@@H](O)CCCCC)COP(=O)(O)OC[C@H](N)C(=O)O. The van der Waals surface area contributed by atoms with Crippen molar-refractivity contribution in [2.75, 3.05) is 19.8 Å². The molecule has 0 aromatic rings. The molecular weight excluding hydrogens is 838 g/mol. The summed E-state index contributed by atoms with van der Waals surface area (Å²) in [6.45, 7) is 2.50. The Bertz CT molecular complexity index is 1310. The molecule has 13 nitrogen and oxygen atoms in total. The molecule has 0 heterocycles. The maximum Gasteiger partial charge on any atom is 0.472 e. The average molecular weight is 928 g/mol. The largest absolute Gasteiger partial charge is 0.480 e. The minimum atomic E-state index is -4.78. The second kappa shape index (κ2) is 44.2. The van der Waals surface area contributed by atoms with Gasteiger partial charge in [0, 0.05) is 12.8 Å². The number of hydrogen-bond donors (Lipinski definition) is 5. The molecule has 0 aromatic heterocycles. The fourth-order valence-corrected chi connectivity index (χ4v) is 7.59. The van der Waals surface area contributed by atoms with E-state index in [1.54, 1.807) is 18.2 Å². The highest BCUT2D eigenvalue weighted by molar-refractivity contribution is 7.47. The molecule has 14 heteroatoms. The molecule has 0 aromatic carbocycles. The zero-order valence-corrected chi connectivity index (χ0v) is 40.7. The normalized spacial score (nSPS) is 15.0. The molecule has 372 valence electrons. The van der Waals surface area contributed by atoms with Gasteiger partial charge in [0.15, 0.2) is 6.10 Å². The monoisotopic (exact) mass is 928 g/mol. The lowest BCUT2D eigenvalue weighted by atomic mass is 10.0. The number of carboxylic acids is 1. The third kappa shape index (κ3) is 43.3. The van der Waals surface area contributed by atoms with Gasteiger partial charge in [-0.2, -0.15) is 0 Å². The number of carbonyl (C=O) groups is 3. The first kappa shape index (κ1) is 61.4. The number of hydrogen-bond acceptors (Lipinski definition) is 11. The first-order valence-electron chi connectivity index (χ1n) is 24.9. The van der Waals surface area contributed by atoms with E-state index in [4.69, 9.17) is 24.8 Å². The average Bonchev–Trinajstić information content (AvgIpc) is 3.26. The number of esters is 2. The first-order valence-corrected chi connectivity index (χ1v) is 26.4. The van der Waals surface area contributed by atoms with Crippen molar-refractivity contribution in [2.45, 2.75) is 231 Å². The van der Waals surface area contributed by atoms with Crippen LogP contribution in [0.1, 0.15) is 206 Å². The highest BCUT2D eigenvalue weighted by Gasteiger charge is 2.28. The Morgan fingerprint density at radius 2 is 0.953 bits per heavy atom. The number of aliphatic hydroxyl groups excluding tert-OH is 2. The molecule has 0 aliphatic rings. The van der Waals surface area contributed by atoms with Gasteiger partial charge in [-0.3, -0.25) is 23.4 Å². The standard InChI is InChI=1S/C50H90NO12P/c1-3-5-7-8-9-10-11-12-13-14-15-16-17-18-19-20-21-22-26-29-33-39-49(55)63-46(42-61-64(58,59)62-43-47(51)50(56)57)41-60-48(54)40-34-38-45(53)37-32-28-25-23-24-27-31-36-44(52)35-30-6-4-2/h24-25,27-28,31-32,36-37,44-47,52-53H,3-23,26,29-30,33-35,38-43,51H2,1-2H3,(H,56,57)(H,58,59)/b27-24-,28-25-,36-31+,37-32+/t44-,45-,46+,47-/m0/s1. The van der Waals surface area contributed by atoms with Crippen molar-refractivity contribution in [3.8, 4) is 0 Å². The van der Waals surface area contributed by atoms with Crippen LogP contribution in [0.3, 0.4) is 0 Å². The number of allylic oxidation sites excluding steroid dienone is 6. The Morgan fingerprint density at radius 3 is 1.42 bits per heavy atom. The van der Waals surface area contributed by atoms with Crippen LogP contribution in [-0.4, -0.2) is 82.3 Å². The highest BCUT2D eigenvalue weighted by Crippen LogP contribution is 2.43. The van der Waals surface area contributed by atoms with Gasteiger partial charge < -0.3 is 35.4 Å². The minimum absolute atomic E-state index is 0.0258. The molecule has 0 saturated carbocycles. The minimum Gasteiger partial charge on any atom is -0.480 e. The van der Waals surface area contributed by atoms with Crippen LogP contribution in [-0.2, 0) is 37.5 Å². The number of nitrogens with two attached hydrogens (primary N) is 1. The van der Waals surface area contributed by atoms with Crippen molar-refractivity contribution in [1.82, 2.24) is 0 Å². The van der Waals surface area contributed by atoms with E-state index in [9.17, 15) is 34.1 Å². The Kier molecular flexibility index (Phi) is 42.4. The highest BCUT2D eigenvalue weighted by atomic mass is 31.2. The summed E-state index contributed by atoms with van der Waals surface area (Å²) in [5.74, 6) is -2.63. The Hall–Kier alpha value is -2.64. The third-order valence-corrected chi connectivity index (χ3v) is 11.7. The van der Waals surface area contributed by atoms with Crippen molar-refractivity contribution in [1.29, 1.82) is 0 Å². The third-order valence-electron chi connectivity index (χ3n) is 10.8. The van der Waals surface area contributed by atoms with Crippen LogP contribution < -0.4 is 5.73 Å². The molecule has 0 fully saturated rings. The smallest absolute Gasteiger partial charge is 0.472 e. The van der Waals surface area contributed by atoms with E-state index in [1.165, 1.54) is 109 Å². The van der Waals surface area contributed by atoms with Gasteiger partial charge >= 0.3 is 25.7 Å². The summed E-state index contributed by atoms with van der Waals surface area (Å²) in [4.78, 5) is 46.1. The fraction of sp³-hybridized carbons (Fsp3) is 0.780. The molecule has 0 aliphatic heterocycles. The van der Waals surface area contributed by atoms with Gasteiger partial charge in [-0.1, -0.05) is 210 Å². The van der Waals surface area contributed by atoms with Crippen LogP contribution in [0.2, 0.25) is 0 Å². The van der Waals surface area contributed by atoms with E-state index in [2.05, 4.69) is 18.4 Å². The molecular formula is C50H90NO12P. The molecule has 5 atom stereocenters. The van der Waals surface area contributed by atoms with Gasteiger partial charge in [-0.25, -0.2) is 4.57 Å². The molecule has 0 aliphatic carbocycles. The van der Waals surface area contributed by atoms with E-state index >= 15 is 0 Å². The summed E-state index contributed by atoms with van der Waals surface area (Å²) < 4.78 is 32.6. The number of carboxylic acid groups (broad SMARTS) is 1.